The molecule has 0 spiro atoms. The third-order valence-electron chi connectivity index (χ3n) is 4.60. The Balaban J connectivity index is 1.67. The second-order valence-corrected chi connectivity index (χ2v) is 6.87. The van der Waals surface area contributed by atoms with Crippen LogP contribution in [0.2, 0.25) is 0 Å². The molecule has 0 saturated heterocycles. The number of rotatable bonds is 7. The van der Waals surface area contributed by atoms with Gasteiger partial charge < -0.3 is 15.4 Å². The van der Waals surface area contributed by atoms with Gasteiger partial charge in [0.05, 0.1) is 12.8 Å². The molecule has 0 radical (unpaired) electrons. The Hall–Kier alpha value is -3.93. The maximum absolute atomic E-state index is 5.50. The molecule has 4 rings (SSSR count). The number of methoxy groups -OCH3 is 1. The van der Waals surface area contributed by atoms with Gasteiger partial charge in [-0.1, -0.05) is 36.4 Å². The predicted octanol–water partition coefficient (Wildman–Crippen LogP) is 5.21. The Morgan fingerprint density at radius 2 is 1.63 bits per heavy atom. The molecule has 0 aliphatic heterocycles. The number of aromatic nitrogens is 3. The van der Waals surface area contributed by atoms with E-state index in [9.17, 15) is 0 Å². The molecule has 30 heavy (non-hydrogen) atoms. The van der Waals surface area contributed by atoms with Crippen LogP contribution < -0.4 is 15.4 Å². The number of hydrogen-bond donors (Lipinski definition) is 2. The summed E-state index contributed by atoms with van der Waals surface area (Å²) in [6.07, 6.45) is 3.56. The van der Waals surface area contributed by atoms with E-state index in [1.54, 1.807) is 19.5 Å². The summed E-state index contributed by atoms with van der Waals surface area (Å²) in [6.45, 7) is 2.68. The molecule has 2 N–H and O–H groups in total. The van der Waals surface area contributed by atoms with Crippen molar-refractivity contribution in [3.8, 4) is 17.1 Å². The van der Waals surface area contributed by atoms with Crippen LogP contribution in [0.1, 0.15) is 11.1 Å². The molecule has 2 aromatic carbocycles. The molecule has 0 saturated carbocycles. The van der Waals surface area contributed by atoms with Gasteiger partial charge in [-0.2, -0.15) is 0 Å². The molecule has 0 amide bonds. The van der Waals surface area contributed by atoms with Crippen LogP contribution in [0, 0.1) is 6.92 Å². The first kappa shape index (κ1) is 19.4. The molecule has 2 heterocycles. The molecule has 0 atom stereocenters. The molecule has 6 heteroatoms. The summed E-state index contributed by atoms with van der Waals surface area (Å²) in [5.41, 5.74) is 4.06. The van der Waals surface area contributed by atoms with Crippen molar-refractivity contribution in [3.05, 3.63) is 90.3 Å². The lowest BCUT2D eigenvalue weighted by atomic mass is 10.2. The average Bonchev–Trinajstić information content (AvgIpc) is 2.79. The van der Waals surface area contributed by atoms with Crippen molar-refractivity contribution in [2.24, 2.45) is 0 Å². The summed E-state index contributed by atoms with van der Waals surface area (Å²) >= 11 is 0. The molecule has 6 nitrogen and oxygen atoms in total. The average molecular weight is 397 g/mol. The first-order valence-electron chi connectivity index (χ1n) is 9.70. The normalized spacial score (nSPS) is 10.5. The van der Waals surface area contributed by atoms with E-state index in [0.717, 1.165) is 33.9 Å². The van der Waals surface area contributed by atoms with Crippen molar-refractivity contribution in [1.29, 1.82) is 0 Å². The fourth-order valence-electron chi connectivity index (χ4n) is 3.07. The topological polar surface area (TPSA) is 72.0 Å². The summed E-state index contributed by atoms with van der Waals surface area (Å²) in [5.74, 6) is 2.82. The molecular weight excluding hydrogens is 374 g/mol. The molecule has 2 aromatic heterocycles. The molecule has 0 fully saturated rings. The van der Waals surface area contributed by atoms with E-state index in [4.69, 9.17) is 14.7 Å². The summed E-state index contributed by atoms with van der Waals surface area (Å²) in [5, 5.41) is 6.77. The van der Waals surface area contributed by atoms with Gasteiger partial charge in [0, 0.05) is 30.6 Å². The Bertz CT molecular complexity index is 1120. The summed E-state index contributed by atoms with van der Waals surface area (Å²) in [4.78, 5) is 13.5. The Morgan fingerprint density at radius 1 is 0.867 bits per heavy atom. The maximum atomic E-state index is 5.50. The van der Waals surface area contributed by atoms with E-state index in [1.807, 2.05) is 73.7 Å². The standard InChI is InChI=1S/C24H23N5O/c1-17-8-9-21(30-2)20(14-17)27-23-15-22(26-16-18-10-12-25-13-11-18)28-24(29-23)19-6-4-3-5-7-19/h3-15H,16H2,1-2H3,(H2,26,27,28,29). The zero-order chi connectivity index (χ0) is 20.8. The van der Waals surface area contributed by atoms with E-state index in [2.05, 4.69) is 15.6 Å². The van der Waals surface area contributed by atoms with Gasteiger partial charge in [-0.05, 0) is 42.3 Å². The van der Waals surface area contributed by atoms with Crippen LogP contribution >= 0.6 is 0 Å². The lowest BCUT2D eigenvalue weighted by molar-refractivity contribution is 0.416. The zero-order valence-corrected chi connectivity index (χ0v) is 17.0. The minimum absolute atomic E-state index is 0.640. The van der Waals surface area contributed by atoms with Gasteiger partial charge in [-0.15, -0.1) is 0 Å². The summed E-state index contributed by atoms with van der Waals surface area (Å²) in [6, 6.07) is 21.8. The van der Waals surface area contributed by atoms with Crippen LogP contribution in [0.3, 0.4) is 0 Å². The third kappa shape index (κ3) is 4.72. The fraction of sp³-hybridized carbons (Fsp3) is 0.125. The van der Waals surface area contributed by atoms with Gasteiger partial charge in [-0.25, -0.2) is 9.97 Å². The second-order valence-electron chi connectivity index (χ2n) is 6.87. The van der Waals surface area contributed by atoms with Crippen LogP contribution in [0.25, 0.3) is 11.4 Å². The first-order chi connectivity index (χ1) is 14.7. The molecule has 150 valence electrons. The molecular formula is C24H23N5O. The number of nitrogens with one attached hydrogen (secondary N) is 2. The van der Waals surface area contributed by atoms with E-state index < -0.39 is 0 Å². The summed E-state index contributed by atoms with van der Waals surface area (Å²) < 4.78 is 5.50. The number of pyridine rings is 1. The van der Waals surface area contributed by atoms with Crippen LogP contribution in [0.15, 0.2) is 79.1 Å². The predicted molar refractivity (Wildman–Crippen MR) is 120 cm³/mol. The highest BCUT2D eigenvalue weighted by atomic mass is 16.5. The second kappa shape index (κ2) is 9.05. The van der Waals surface area contributed by atoms with Gasteiger partial charge in [0.1, 0.15) is 17.4 Å². The molecule has 0 bridgehead atoms. The monoisotopic (exact) mass is 397 g/mol. The van der Waals surface area contributed by atoms with Crippen molar-refractivity contribution in [2.45, 2.75) is 13.5 Å². The van der Waals surface area contributed by atoms with Crippen LogP contribution in [0.4, 0.5) is 17.3 Å². The number of aryl methyl sites for hydroxylation is 1. The van der Waals surface area contributed by atoms with Crippen molar-refractivity contribution in [2.75, 3.05) is 17.7 Å². The van der Waals surface area contributed by atoms with Crippen LogP contribution in [0.5, 0.6) is 5.75 Å². The largest absolute Gasteiger partial charge is 0.495 e. The number of ether oxygens (including phenoxy) is 1. The maximum Gasteiger partial charge on any atom is 0.163 e. The van der Waals surface area contributed by atoms with Crippen molar-refractivity contribution in [1.82, 2.24) is 15.0 Å². The number of nitrogens with zero attached hydrogens (tertiary/aromatic N) is 3. The zero-order valence-electron chi connectivity index (χ0n) is 17.0. The van der Waals surface area contributed by atoms with Gasteiger partial charge in [-0.3, -0.25) is 4.98 Å². The number of benzene rings is 2. The van der Waals surface area contributed by atoms with Crippen molar-refractivity contribution >= 4 is 17.3 Å². The van der Waals surface area contributed by atoms with Crippen LogP contribution in [-0.4, -0.2) is 22.1 Å². The number of anilines is 3. The number of hydrogen-bond acceptors (Lipinski definition) is 6. The SMILES string of the molecule is COc1ccc(C)cc1Nc1cc(NCc2ccncc2)nc(-c2ccccc2)n1. The molecule has 0 unspecified atom stereocenters. The van der Waals surface area contributed by atoms with Crippen LogP contribution in [-0.2, 0) is 6.54 Å². The Morgan fingerprint density at radius 3 is 2.40 bits per heavy atom. The molecule has 4 aromatic rings. The van der Waals surface area contributed by atoms with Gasteiger partial charge in [0.2, 0.25) is 0 Å². The first-order valence-corrected chi connectivity index (χ1v) is 9.70. The van der Waals surface area contributed by atoms with E-state index in [-0.39, 0.29) is 0 Å². The highest BCUT2D eigenvalue weighted by Gasteiger charge is 2.10. The van der Waals surface area contributed by atoms with Crippen molar-refractivity contribution in [3.63, 3.8) is 0 Å². The lowest BCUT2D eigenvalue weighted by Gasteiger charge is -2.14. The highest BCUT2D eigenvalue weighted by molar-refractivity contribution is 5.69. The van der Waals surface area contributed by atoms with Crippen molar-refractivity contribution < 1.29 is 4.74 Å². The van der Waals surface area contributed by atoms with E-state index in [0.29, 0.717) is 18.2 Å². The Labute approximate surface area is 176 Å². The molecule has 0 aliphatic carbocycles. The van der Waals surface area contributed by atoms with Gasteiger partial charge >= 0.3 is 0 Å². The lowest BCUT2D eigenvalue weighted by Crippen LogP contribution is -2.05. The summed E-state index contributed by atoms with van der Waals surface area (Å²) in [7, 11) is 1.66. The van der Waals surface area contributed by atoms with E-state index in [1.165, 1.54) is 0 Å². The Kier molecular flexibility index (Phi) is 5.85. The highest BCUT2D eigenvalue weighted by Crippen LogP contribution is 2.29. The quantitative estimate of drug-likeness (QED) is 0.446. The molecule has 0 aliphatic rings. The van der Waals surface area contributed by atoms with E-state index >= 15 is 0 Å². The van der Waals surface area contributed by atoms with Gasteiger partial charge in [0.15, 0.2) is 5.82 Å². The minimum Gasteiger partial charge on any atom is -0.495 e. The fourth-order valence-corrected chi connectivity index (χ4v) is 3.07. The van der Waals surface area contributed by atoms with Gasteiger partial charge in [0.25, 0.3) is 0 Å². The minimum atomic E-state index is 0.640. The smallest absolute Gasteiger partial charge is 0.163 e. The third-order valence-corrected chi connectivity index (χ3v) is 4.60.